The molecule has 0 unspecified atom stereocenters. The number of hydrogen-bond donors (Lipinski definition) is 2. The highest BCUT2D eigenvalue weighted by Gasteiger charge is 2.11. The highest BCUT2D eigenvalue weighted by Crippen LogP contribution is 2.23. The van der Waals surface area contributed by atoms with E-state index in [0.717, 1.165) is 5.39 Å². The Morgan fingerprint density at radius 3 is 2.65 bits per heavy atom. The van der Waals surface area contributed by atoms with Crippen molar-refractivity contribution in [1.29, 1.82) is 0 Å². The van der Waals surface area contributed by atoms with Gasteiger partial charge in [0.2, 0.25) is 0 Å². The van der Waals surface area contributed by atoms with Gasteiger partial charge >= 0.3 is 5.91 Å². The van der Waals surface area contributed by atoms with Crippen LogP contribution in [0.15, 0.2) is 33.7 Å². The van der Waals surface area contributed by atoms with Crippen LogP contribution >= 0.6 is 24.0 Å². The molecule has 17 heavy (non-hydrogen) atoms. The molecule has 7 heteroatoms. The van der Waals surface area contributed by atoms with Gasteiger partial charge in [-0.25, -0.2) is 0 Å². The number of fused-ring (bicyclic) bond motifs is 1. The molecule has 0 fully saturated rings. The summed E-state index contributed by atoms with van der Waals surface area (Å²) in [5, 5.41) is 1.29. The normalized spacial score (nSPS) is 9.71. The molecule has 1 aromatic heterocycles. The molecule has 2 rings (SSSR count). The van der Waals surface area contributed by atoms with Crippen molar-refractivity contribution in [2.24, 2.45) is 16.5 Å². The van der Waals surface area contributed by atoms with Gasteiger partial charge in [0.1, 0.15) is 5.58 Å². The minimum atomic E-state index is -0.618. The van der Waals surface area contributed by atoms with Crippen molar-refractivity contribution in [3.8, 4) is 0 Å². The van der Waals surface area contributed by atoms with E-state index < -0.39 is 5.91 Å². The summed E-state index contributed by atoms with van der Waals surface area (Å²) in [6.07, 6.45) is 0. The van der Waals surface area contributed by atoms with Gasteiger partial charge in [-0.05, 0) is 18.2 Å². The molecular formula is C10H9Cl2N3O2. The van der Waals surface area contributed by atoms with Crippen molar-refractivity contribution in [1.82, 2.24) is 0 Å². The van der Waals surface area contributed by atoms with Gasteiger partial charge < -0.3 is 15.9 Å². The summed E-state index contributed by atoms with van der Waals surface area (Å²) < 4.78 is 5.26. The molecule has 0 radical (unpaired) electrons. The Labute approximate surface area is 108 Å². The summed E-state index contributed by atoms with van der Waals surface area (Å²) in [5.74, 6) is -0.846. The molecule has 2 aromatic rings. The first-order valence-corrected chi connectivity index (χ1v) is 4.77. The third-order valence-corrected chi connectivity index (χ3v) is 2.16. The maximum Gasteiger partial charge on any atom is 0.315 e. The molecular weight excluding hydrogens is 265 g/mol. The lowest BCUT2D eigenvalue weighted by atomic mass is 10.2. The number of carbonyl (C=O) groups excluding carboxylic acids is 1. The van der Waals surface area contributed by atoms with E-state index >= 15 is 0 Å². The van der Waals surface area contributed by atoms with E-state index in [0.29, 0.717) is 10.6 Å². The van der Waals surface area contributed by atoms with E-state index in [1.54, 1.807) is 24.3 Å². The molecule has 0 saturated heterocycles. The second-order valence-electron chi connectivity index (χ2n) is 3.13. The average molecular weight is 274 g/mol. The fourth-order valence-electron chi connectivity index (χ4n) is 1.28. The van der Waals surface area contributed by atoms with Crippen LogP contribution in [0.25, 0.3) is 11.0 Å². The molecule has 90 valence electrons. The van der Waals surface area contributed by atoms with E-state index in [-0.39, 0.29) is 24.1 Å². The van der Waals surface area contributed by atoms with E-state index in [4.69, 9.17) is 27.5 Å². The predicted octanol–water partition coefficient (Wildman–Crippen LogP) is 1.92. The van der Waals surface area contributed by atoms with Gasteiger partial charge in [0.25, 0.3) is 0 Å². The van der Waals surface area contributed by atoms with Gasteiger partial charge in [0.15, 0.2) is 11.7 Å². The van der Waals surface area contributed by atoms with Crippen LogP contribution in [0.4, 0.5) is 0 Å². The summed E-state index contributed by atoms with van der Waals surface area (Å²) in [6, 6.07) is 6.62. The zero-order chi connectivity index (χ0) is 11.7. The number of nitrogens with zero attached hydrogens (tertiary/aromatic N) is 1. The maximum atomic E-state index is 11.4. The van der Waals surface area contributed by atoms with E-state index in [9.17, 15) is 4.79 Å². The number of halogens is 2. The number of furan rings is 1. The molecule has 0 aliphatic heterocycles. The number of benzene rings is 1. The van der Waals surface area contributed by atoms with E-state index in [2.05, 4.69) is 4.99 Å². The van der Waals surface area contributed by atoms with Crippen LogP contribution in [-0.4, -0.2) is 11.9 Å². The van der Waals surface area contributed by atoms with Crippen molar-refractivity contribution in [3.63, 3.8) is 0 Å². The van der Waals surface area contributed by atoms with Crippen LogP contribution in [0.3, 0.4) is 0 Å². The van der Waals surface area contributed by atoms with Crippen molar-refractivity contribution < 1.29 is 9.21 Å². The van der Waals surface area contributed by atoms with Gasteiger partial charge in [0.05, 0.1) is 0 Å². The summed E-state index contributed by atoms with van der Waals surface area (Å²) in [6.45, 7) is 0. The molecule has 0 bridgehead atoms. The zero-order valence-corrected chi connectivity index (χ0v) is 10.1. The Bertz CT molecular complexity index is 588. The van der Waals surface area contributed by atoms with Crippen LogP contribution in [0.2, 0.25) is 5.02 Å². The second kappa shape index (κ2) is 5.07. The molecule has 0 saturated carbocycles. The Balaban J connectivity index is 0.00000144. The smallest absolute Gasteiger partial charge is 0.315 e. The zero-order valence-electron chi connectivity index (χ0n) is 8.51. The van der Waals surface area contributed by atoms with Gasteiger partial charge in [-0.3, -0.25) is 4.79 Å². The number of aliphatic imine (C=N–C) groups is 1. The lowest BCUT2D eigenvalue weighted by Gasteiger charge is -1.89. The molecule has 0 atom stereocenters. The third kappa shape index (κ3) is 2.89. The minimum absolute atomic E-state index is 0. The lowest BCUT2D eigenvalue weighted by molar-refractivity contribution is 0.0978. The fraction of sp³-hybridized carbons (Fsp3) is 0. The topological polar surface area (TPSA) is 94.6 Å². The van der Waals surface area contributed by atoms with Crippen LogP contribution < -0.4 is 11.5 Å². The van der Waals surface area contributed by atoms with Crippen molar-refractivity contribution in [2.45, 2.75) is 0 Å². The second-order valence-corrected chi connectivity index (χ2v) is 3.57. The lowest BCUT2D eigenvalue weighted by Crippen LogP contribution is -2.24. The SMILES string of the molecule is Cl.NC(N)=NC(=O)c1cc2ccc(Cl)cc2o1. The number of nitrogens with two attached hydrogens (primary N) is 2. The molecule has 4 N–H and O–H groups in total. The highest BCUT2D eigenvalue weighted by atomic mass is 35.5. The van der Waals surface area contributed by atoms with Crippen LogP contribution in [0, 0.1) is 0 Å². The summed E-state index contributed by atoms with van der Waals surface area (Å²) >= 11 is 5.78. The third-order valence-electron chi connectivity index (χ3n) is 1.92. The monoisotopic (exact) mass is 273 g/mol. The van der Waals surface area contributed by atoms with E-state index in [1.165, 1.54) is 0 Å². The first kappa shape index (κ1) is 13.3. The standard InChI is InChI=1S/C10H8ClN3O2.ClH/c11-6-2-1-5-3-8(16-7(5)4-6)9(15)14-10(12)13;/h1-4H,(H4,12,13,14,15);1H. The van der Waals surface area contributed by atoms with Crippen LogP contribution in [-0.2, 0) is 0 Å². The number of amides is 1. The number of carbonyl (C=O) groups is 1. The Morgan fingerprint density at radius 2 is 2.00 bits per heavy atom. The first-order valence-electron chi connectivity index (χ1n) is 4.39. The van der Waals surface area contributed by atoms with Gasteiger partial charge in [-0.15, -0.1) is 12.4 Å². The fourth-order valence-corrected chi connectivity index (χ4v) is 1.44. The predicted molar refractivity (Wildman–Crippen MR) is 68.6 cm³/mol. The molecule has 1 amide bonds. The maximum absolute atomic E-state index is 11.4. The first-order chi connectivity index (χ1) is 7.56. The molecule has 1 heterocycles. The summed E-state index contributed by atoms with van der Waals surface area (Å²) in [4.78, 5) is 14.8. The average Bonchev–Trinajstić information content (AvgIpc) is 2.59. The van der Waals surface area contributed by atoms with Crippen molar-refractivity contribution in [2.75, 3.05) is 0 Å². The number of rotatable bonds is 1. The van der Waals surface area contributed by atoms with Crippen LogP contribution in [0.5, 0.6) is 0 Å². The highest BCUT2D eigenvalue weighted by molar-refractivity contribution is 6.31. The molecule has 0 aliphatic carbocycles. The van der Waals surface area contributed by atoms with Gasteiger partial charge in [-0.2, -0.15) is 4.99 Å². The van der Waals surface area contributed by atoms with Crippen molar-refractivity contribution >= 4 is 46.8 Å². The largest absolute Gasteiger partial charge is 0.451 e. The molecule has 1 aromatic carbocycles. The van der Waals surface area contributed by atoms with Gasteiger partial charge in [0, 0.05) is 16.5 Å². The quantitative estimate of drug-likeness (QED) is 0.613. The minimum Gasteiger partial charge on any atom is -0.451 e. The van der Waals surface area contributed by atoms with Crippen molar-refractivity contribution in [3.05, 3.63) is 35.0 Å². The summed E-state index contributed by atoms with van der Waals surface area (Å²) in [7, 11) is 0. The Kier molecular flexibility index (Phi) is 3.98. The summed E-state index contributed by atoms with van der Waals surface area (Å²) in [5.41, 5.74) is 10.7. The molecule has 0 aliphatic rings. The molecule has 0 spiro atoms. The van der Waals surface area contributed by atoms with Gasteiger partial charge in [-0.1, -0.05) is 11.6 Å². The van der Waals surface area contributed by atoms with Crippen LogP contribution in [0.1, 0.15) is 10.6 Å². The molecule has 5 nitrogen and oxygen atoms in total. The number of hydrogen-bond acceptors (Lipinski definition) is 2. The number of guanidine groups is 1. The Morgan fingerprint density at radius 1 is 1.29 bits per heavy atom. The Hall–Kier alpha value is -1.72. The van der Waals surface area contributed by atoms with E-state index in [1.807, 2.05) is 0 Å².